The highest BCUT2D eigenvalue weighted by atomic mass is 16.2. The number of nitrogens with one attached hydrogen (secondary N) is 3. The molecule has 1 aliphatic rings. The summed E-state index contributed by atoms with van der Waals surface area (Å²) in [4.78, 5) is 34.2. The van der Waals surface area contributed by atoms with Crippen LogP contribution in [0.4, 0.5) is 0 Å². The van der Waals surface area contributed by atoms with Gasteiger partial charge in [-0.25, -0.2) is 9.78 Å². The predicted octanol–water partition coefficient (Wildman–Crippen LogP) is 0.0629. The lowest BCUT2D eigenvalue weighted by Crippen LogP contribution is -2.21. The lowest BCUT2D eigenvalue weighted by Gasteiger charge is -1.86. The molecule has 0 bridgehead atoms. The van der Waals surface area contributed by atoms with Gasteiger partial charge in [-0.05, 0) is 12.3 Å². The van der Waals surface area contributed by atoms with Crippen molar-refractivity contribution in [2.45, 2.75) is 19.3 Å². The highest BCUT2D eigenvalue weighted by Gasteiger charge is 2.36. The minimum Gasteiger partial charge on any atom is -0.336 e. The molecule has 0 aliphatic heterocycles. The Bertz CT molecular complexity index is 635. The van der Waals surface area contributed by atoms with Crippen LogP contribution in [-0.2, 0) is 0 Å². The zero-order chi connectivity index (χ0) is 10.6. The van der Waals surface area contributed by atoms with Gasteiger partial charge in [0.05, 0.1) is 0 Å². The summed E-state index contributed by atoms with van der Waals surface area (Å²) in [5, 5.41) is 0. The summed E-state index contributed by atoms with van der Waals surface area (Å²) in [7, 11) is 0. The molecule has 0 radical (unpaired) electrons. The van der Waals surface area contributed by atoms with Crippen molar-refractivity contribution < 1.29 is 0 Å². The van der Waals surface area contributed by atoms with Gasteiger partial charge < -0.3 is 4.98 Å². The van der Waals surface area contributed by atoms with Crippen LogP contribution >= 0.6 is 0 Å². The number of hydrogen-bond acceptors (Lipinski definition) is 3. The summed E-state index contributed by atoms with van der Waals surface area (Å²) >= 11 is 0. The molecule has 2 aromatic rings. The Hall–Kier alpha value is -1.85. The maximum atomic E-state index is 11.4. The van der Waals surface area contributed by atoms with E-state index in [0.717, 1.165) is 12.2 Å². The van der Waals surface area contributed by atoms with E-state index in [1.807, 2.05) is 0 Å². The standard InChI is InChI=1S/C9H10N4O2/c1-3-2-4(3)6-10-5-7(11-6)12-9(15)13-8(5)14/h3-4H,2H2,1H3,(H3,10,11,12,13,14,15). The van der Waals surface area contributed by atoms with Crippen molar-refractivity contribution in [1.29, 1.82) is 0 Å². The number of fused-ring (bicyclic) bond motifs is 1. The minimum atomic E-state index is -0.519. The summed E-state index contributed by atoms with van der Waals surface area (Å²) in [6.07, 6.45) is 1.09. The number of aromatic amines is 3. The summed E-state index contributed by atoms with van der Waals surface area (Å²) < 4.78 is 0. The van der Waals surface area contributed by atoms with Crippen LogP contribution in [0.5, 0.6) is 0 Å². The monoisotopic (exact) mass is 206 g/mol. The van der Waals surface area contributed by atoms with E-state index >= 15 is 0 Å². The van der Waals surface area contributed by atoms with Gasteiger partial charge in [0.2, 0.25) is 0 Å². The third kappa shape index (κ3) is 1.21. The predicted molar refractivity (Wildman–Crippen MR) is 53.9 cm³/mol. The van der Waals surface area contributed by atoms with Gasteiger partial charge >= 0.3 is 5.69 Å². The Morgan fingerprint density at radius 1 is 1.27 bits per heavy atom. The van der Waals surface area contributed by atoms with E-state index in [0.29, 0.717) is 23.0 Å². The van der Waals surface area contributed by atoms with E-state index in [-0.39, 0.29) is 0 Å². The summed E-state index contributed by atoms with van der Waals surface area (Å²) in [6.45, 7) is 2.13. The Kier molecular flexibility index (Phi) is 1.46. The van der Waals surface area contributed by atoms with Crippen molar-refractivity contribution in [2.24, 2.45) is 5.92 Å². The molecule has 2 aromatic heterocycles. The lowest BCUT2D eigenvalue weighted by atomic mass is 10.3. The average Bonchev–Trinajstić information content (AvgIpc) is 2.74. The van der Waals surface area contributed by atoms with Crippen molar-refractivity contribution in [1.82, 2.24) is 19.9 Å². The number of hydrogen-bond donors (Lipinski definition) is 3. The quantitative estimate of drug-likeness (QED) is 0.615. The smallest absolute Gasteiger partial charge is 0.327 e. The number of nitrogens with zero attached hydrogens (tertiary/aromatic N) is 1. The van der Waals surface area contributed by atoms with Gasteiger partial charge in [-0.1, -0.05) is 6.92 Å². The summed E-state index contributed by atoms with van der Waals surface area (Å²) in [6, 6.07) is 0. The molecule has 78 valence electrons. The fourth-order valence-electron chi connectivity index (χ4n) is 1.83. The van der Waals surface area contributed by atoms with Crippen molar-refractivity contribution in [3.63, 3.8) is 0 Å². The molecule has 0 spiro atoms. The number of aromatic nitrogens is 4. The number of H-pyrrole nitrogens is 3. The highest BCUT2D eigenvalue weighted by Crippen LogP contribution is 2.45. The topological polar surface area (TPSA) is 94.4 Å². The molecule has 0 aromatic carbocycles. The number of rotatable bonds is 1. The molecule has 0 saturated heterocycles. The van der Waals surface area contributed by atoms with Gasteiger partial charge in [0.15, 0.2) is 5.65 Å². The molecule has 2 unspecified atom stereocenters. The van der Waals surface area contributed by atoms with Crippen LogP contribution in [0.25, 0.3) is 11.2 Å². The second kappa shape index (κ2) is 2.59. The van der Waals surface area contributed by atoms with Gasteiger partial charge in [0, 0.05) is 5.92 Å². The molecule has 3 rings (SSSR count). The van der Waals surface area contributed by atoms with E-state index in [4.69, 9.17) is 0 Å². The average molecular weight is 206 g/mol. The van der Waals surface area contributed by atoms with Crippen LogP contribution in [-0.4, -0.2) is 19.9 Å². The first-order chi connectivity index (χ1) is 7.15. The molecule has 1 fully saturated rings. The summed E-state index contributed by atoms with van der Waals surface area (Å²) in [5.41, 5.74) is -0.239. The molecule has 15 heavy (non-hydrogen) atoms. The molecule has 2 heterocycles. The van der Waals surface area contributed by atoms with Gasteiger partial charge in [0.25, 0.3) is 5.56 Å². The second-order valence-electron chi connectivity index (χ2n) is 4.07. The van der Waals surface area contributed by atoms with Gasteiger partial charge in [-0.15, -0.1) is 0 Å². The first-order valence-corrected chi connectivity index (χ1v) is 4.87. The lowest BCUT2D eigenvalue weighted by molar-refractivity contribution is 0.866. The van der Waals surface area contributed by atoms with Gasteiger partial charge in [-0.2, -0.15) is 0 Å². The van der Waals surface area contributed by atoms with Crippen LogP contribution in [0.2, 0.25) is 0 Å². The first-order valence-electron chi connectivity index (χ1n) is 4.87. The molecule has 1 aliphatic carbocycles. The van der Waals surface area contributed by atoms with Crippen molar-refractivity contribution in [3.05, 3.63) is 26.7 Å². The molecule has 2 atom stereocenters. The maximum Gasteiger partial charge on any atom is 0.327 e. The van der Waals surface area contributed by atoms with Gasteiger partial charge in [-0.3, -0.25) is 14.8 Å². The van der Waals surface area contributed by atoms with Crippen LogP contribution in [0.1, 0.15) is 25.1 Å². The molecule has 0 amide bonds. The first kappa shape index (κ1) is 8.46. The van der Waals surface area contributed by atoms with Crippen molar-refractivity contribution >= 4 is 11.2 Å². The molecular weight excluding hydrogens is 196 g/mol. The molecule has 6 nitrogen and oxygen atoms in total. The van der Waals surface area contributed by atoms with Crippen molar-refractivity contribution in [3.8, 4) is 0 Å². The zero-order valence-corrected chi connectivity index (χ0v) is 8.13. The second-order valence-corrected chi connectivity index (χ2v) is 4.07. The normalized spacial score (nSPS) is 24.6. The van der Waals surface area contributed by atoms with E-state index in [9.17, 15) is 9.59 Å². The maximum absolute atomic E-state index is 11.4. The Morgan fingerprint density at radius 2 is 2.00 bits per heavy atom. The van der Waals surface area contributed by atoms with Crippen LogP contribution in [0, 0.1) is 5.92 Å². The minimum absolute atomic E-state index is 0.345. The van der Waals surface area contributed by atoms with Crippen molar-refractivity contribution in [2.75, 3.05) is 0 Å². The summed E-state index contributed by atoms with van der Waals surface area (Å²) in [5.74, 6) is 1.81. The molecular formula is C9H10N4O2. The van der Waals surface area contributed by atoms with Crippen LogP contribution in [0.15, 0.2) is 9.59 Å². The fraction of sp³-hybridized carbons (Fsp3) is 0.444. The Balaban J connectivity index is 2.26. The zero-order valence-electron chi connectivity index (χ0n) is 8.13. The molecule has 1 saturated carbocycles. The van der Waals surface area contributed by atoms with E-state index in [1.54, 1.807) is 0 Å². The van der Waals surface area contributed by atoms with Gasteiger partial charge in [0.1, 0.15) is 11.3 Å². The third-order valence-electron chi connectivity index (χ3n) is 2.87. The number of imidazole rings is 1. The fourth-order valence-corrected chi connectivity index (χ4v) is 1.83. The highest BCUT2D eigenvalue weighted by molar-refractivity contribution is 5.68. The van der Waals surface area contributed by atoms with Crippen LogP contribution in [0.3, 0.4) is 0 Å². The molecule has 3 N–H and O–H groups in total. The largest absolute Gasteiger partial charge is 0.336 e. The molecule has 6 heteroatoms. The third-order valence-corrected chi connectivity index (χ3v) is 2.87. The van der Waals surface area contributed by atoms with E-state index in [1.165, 1.54) is 0 Å². The van der Waals surface area contributed by atoms with E-state index < -0.39 is 11.2 Å². The van der Waals surface area contributed by atoms with E-state index in [2.05, 4.69) is 26.9 Å². The Morgan fingerprint density at radius 3 is 2.67 bits per heavy atom. The van der Waals surface area contributed by atoms with Crippen LogP contribution < -0.4 is 11.2 Å². The Labute approximate surface area is 83.8 Å². The SMILES string of the molecule is CC1CC1c1nc2[nH]c(=O)[nH]c(=O)c2[nH]1.